The number of nitrogens with one attached hydrogen (secondary N) is 5. The Hall–Kier alpha value is -2.35. The summed E-state index contributed by atoms with van der Waals surface area (Å²) in [4.78, 5) is 59.0. The number of rotatable bonds is 15. The van der Waals surface area contributed by atoms with Crippen LogP contribution >= 0.6 is 0 Å². The van der Waals surface area contributed by atoms with Crippen molar-refractivity contribution in [1.82, 2.24) is 48.9 Å². The first kappa shape index (κ1) is 129. The molecule has 5 N–H and O–H groups in total. The van der Waals surface area contributed by atoms with E-state index >= 15 is 0 Å². The number of aryl methyl sites for hydroxylation is 3. The molecule has 11 saturated carbocycles. The molecule has 5 heterocycles. The van der Waals surface area contributed by atoms with Crippen LogP contribution in [0.1, 0.15) is 444 Å². The molecular formula is C101H184Fe5N10O5. The van der Waals surface area contributed by atoms with Crippen molar-refractivity contribution < 1.29 is 85.3 Å². The third-order valence-electron chi connectivity index (χ3n) is 26.1. The van der Waals surface area contributed by atoms with Crippen LogP contribution in [0, 0.1) is 94.9 Å². The average Bonchev–Trinajstić information content (AvgIpc) is 1.64. The summed E-state index contributed by atoms with van der Waals surface area (Å²) in [5.74, 6) is 3.77. The number of H-pyrrole nitrogens is 5. The van der Waals surface area contributed by atoms with Gasteiger partial charge in [0.25, 0.3) is 27.8 Å². The first-order valence-electron chi connectivity index (χ1n) is 45.8. The molecule has 11 aliphatic rings. The van der Waals surface area contributed by atoms with Gasteiger partial charge in [0.2, 0.25) is 0 Å². The second-order valence-corrected chi connectivity index (χ2v) is 38.2. The first-order valence-corrected chi connectivity index (χ1v) is 45.8. The van der Waals surface area contributed by atoms with Gasteiger partial charge in [-0.05, 0) is 126 Å². The Kier molecular flexibility index (Phi) is 74.4. The third-order valence-corrected chi connectivity index (χ3v) is 26.1. The number of aromatic nitrogens is 10. The summed E-state index contributed by atoms with van der Waals surface area (Å²) < 4.78 is 8.70. The molecule has 3 atom stereocenters. The van der Waals surface area contributed by atoms with Crippen LogP contribution in [0.4, 0.5) is 0 Å². The van der Waals surface area contributed by atoms with Crippen LogP contribution in [-0.4, -0.2) is 48.9 Å². The number of aromatic amines is 5. The van der Waals surface area contributed by atoms with Gasteiger partial charge in [0.05, 0.1) is 22.7 Å². The Morgan fingerprint density at radius 1 is 0.355 bits per heavy atom. The van der Waals surface area contributed by atoms with Crippen LogP contribution in [0.5, 0.6) is 0 Å². The fraction of sp³-hybridized carbons (Fsp3) is 0.752. The predicted molar refractivity (Wildman–Crippen MR) is 504 cm³/mol. The summed E-state index contributed by atoms with van der Waals surface area (Å²) in [6.07, 6.45) is 80.5. The van der Waals surface area contributed by atoms with Crippen molar-refractivity contribution in [2.45, 2.75) is 457 Å². The van der Waals surface area contributed by atoms with Gasteiger partial charge in [-0.1, -0.05) is 283 Å². The molecule has 16 rings (SSSR count). The van der Waals surface area contributed by atoms with Crippen molar-refractivity contribution in [3.05, 3.63) is 182 Å². The summed E-state index contributed by atoms with van der Waals surface area (Å²) >= 11 is 0. The molecule has 11 aliphatic carbocycles. The molecule has 708 valence electrons. The van der Waals surface area contributed by atoms with Gasteiger partial charge in [0.15, 0.2) is 0 Å². The molecule has 0 aromatic carbocycles. The maximum absolute atomic E-state index is 12.2. The monoisotopic (exact) mass is 1900 g/mol. The smallest absolute Gasteiger partial charge is 0.358 e. The van der Waals surface area contributed by atoms with Gasteiger partial charge in [-0.25, -0.2) is 18.7 Å². The van der Waals surface area contributed by atoms with Crippen LogP contribution in [-0.2, 0) is 134 Å². The largest absolute Gasteiger partial charge is 2.00 e. The van der Waals surface area contributed by atoms with Crippen LogP contribution < -0.4 is 27.8 Å². The zero-order valence-electron chi connectivity index (χ0n) is 80.8. The van der Waals surface area contributed by atoms with Crippen molar-refractivity contribution >= 4 is 0 Å². The summed E-state index contributed by atoms with van der Waals surface area (Å²) in [6.45, 7) is 23.1. The minimum atomic E-state index is -0.156. The number of hydrogen-bond acceptors (Lipinski definition) is 5. The van der Waals surface area contributed by atoms with Gasteiger partial charge >= 0.3 is 85.3 Å². The van der Waals surface area contributed by atoms with E-state index in [1.54, 1.807) is 50.0 Å². The van der Waals surface area contributed by atoms with Crippen molar-refractivity contribution in [3.8, 4) is 0 Å². The zero-order valence-corrected chi connectivity index (χ0v) is 86.3. The molecule has 5 aromatic rings. The van der Waals surface area contributed by atoms with Gasteiger partial charge in [-0.3, -0.25) is 54.1 Å². The number of hydrogen-bond donors (Lipinski definition) is 5. The maximum atomic E-state index is 12.2. The minimum Gasteiger partial charge on any atom is -0.358 e. The van der Waals surface area contributed by atoms with E-state index < -0.39 is 0 Å². The third kappa shape index (κ3) is 47.7. The normalized spacial score (nSPS) is 19.5. The Morgan fingerprint density at radius 2 is 0.727 bits per heavy atom. The summed E-state index contributed by atoms with van der Waals surface area (Å²) in [7, 11) is 1.76. The predicted octanol–water partition coefficient (Wildman–Crippen LogP) is 27.4. The van der Waals surface area contributed by atoms with E-state index in [1.165, 1.54) is 302 Å². The first-order chi connectivity index (χ1) is 52.3. The molecule has 15 nitrogen and oxygen atoms in total. The molecule has 0 spiro atoms. The fourth-order valence-electron chi connectivity index (χ4n) is 18.3. The molecule has 121 heavy (non-hydrogen) atoms. The summed E-state index contributed by atoms with van der Waals surface area (Å²) in [5, 5.41) is 16.3. The van der Waals surface area contributed by atoms with E-state index in [-0.39, 0.29) is 187 Å². The minimum absolute atomic E-state index is 0. The molecule has 0 amide bonds. The van der Waals surface area contributed by atoms with Crippen molar-refractivity contribution in [2.75, 3.05) is 0 Å². The van der Waals surface area contributed by atoms with Crippen LogP contribution in [0.25, 0.3) is 0 Å². The van der Waals surface area contributed by atoms with E-state index in [0.29, 0.717) is 17.9 Å². The maximum Gasteiger partial charge on any atom is 2.00 e. The van der Waals surface area contributed by atoms with Crippen LogP contribution in [0.15, 0.2) is 54.3 Å². The molecule has 0 bridgehead atoms. The molecule has 20 heteroatoms. The van der Waals surface area contributed by atoms with Gasteiger partial charge in [-0.15, -0.1) is 0 Å². The van der Waals surface area contributed by atoms with E-state index in [1.807, 2.05) is 52.3 Å². The Morgan fingerprint density at radius 3 is 1.12 bits per heavy atom. The van der Waals surface area contributed by atoms with Gasteiger partial charge < -0.3 is 71.2 Å². The molecule has 0 aliphatic heterocycles. The second-order valence-electron chi connectivity index (χ2n) is 38.2. The summed E-state index contributed by atoms with van der Waals surface area (Å²) in [5.41, 5.74) is 5.66. The number of nitrogens with zero attached hydrogens (tertiary/aromatic N) is 5. The summed E-state index contributed by atoms with van der Waals surface area (Å²) in [6, 6.07) is 9.31. The van der Waals surface area contributed by atoms with E-state index in [2.05, 4.69) is 79.4 Å². The Labute approximate surface area is 797 Å². The van der Waals surface area contributed by atoms with Crippen LogP contribution in [0.3, 0.4) is 0 Å². The topological polar surface area (TPSA) is 189 Å². The van der Waals surface area contributed by atoms with Crippen LogP contribution in [0.2, 0.25) is 0 Å². The van der Waals surface area contributed by atoms with E-state index in [9.17, 15) is 24.0 Å². The molecule has 3 unspecified atom stereocenters. The van der Waals surface area contributed by atoms with Crippen molar-refractivity contribution in [3.63, 3.8) is 0 Å². The Bertz CT molecular complexity index is 3410. The van der Waals surface area contributed by atoms with Crippen molar-refractivity contribution in [2.24, 2.45) is 30.7 Å². The Balaban J connectivity index is -0.000000312. The zero-order chi connectivity index (χ0) is 78.5. The molecule has 5 aromatic heterocycles. The standard InChI is InChI=1S/C17H27N2O.C16H27N2O.C14H24N2O.C13H21N2O.C9H14N2O.5C5H10.7CH3.5Fe/c20-17-13-15(10-6-9-14-7-4-5-8-14)18-19(17)16-11-2-1-3-12-16;1-6-15(2,3)18-14(19)11-13(17-18)16(4,5)12-9-7-8-10-12;1-14(2,3)16-13(17)10-12(15-16)9-8-11-6-4-5-7-11;1-13(2,3)15-12(16)9-11(14-15)8-10-6-4-5-7-10;1-11-9(12)6-8(10-11)7-4-2-3-5-7;5*1-2-4-5-3-1;;;;;;;;;;;;/h4,13-14,16,18H,1-3,5-12H2;7,11-12,17H,6,8-10H2,1-5H3;10-11,15H,4-9H2,1-3H3;4,9-10,14H,5-8H2,1-3H3;6-7,10H,2-5H2,1H3;5*1-5H2;7*1H3;;;;;/q2*-1;;-1;;;;;;;7*-1;5*+2. The van der Waals surface area contributed by atoms with Gasteiger partial charge in [-0.2, -0.15) is 38.5 Å². The van der Waals surface area contributed by atoms with Gasteiger partial charge in [0, 0.05) is 77.2 Å². The van der Waals surface area contributed by atoms with E-state index in [4.69, 9.17) is 0 Å². The molecule has 11 fully saturated rings. The second kappa shape index (κ2) is 69.6. The fourth-order valence-corrected chi connectivity index (χ4v) is 18.3. The molecular weight excluding hydrogens is 1710 g/mol. The SMILES string of the molecule is C1CCCC1.C1CCCC1.C1CCCC1.C1CCCC1.C1CCCC1.CC(C)(C)n1[nH]c(CC2C[CH-]CC2)cc1=O.CC(C)(C)n1[nH]c(CCC2CCCC2)cc1=O.CCC(C)(C)n1[nH]c(C(C)(C)C2C[CH-]CC2)cc1=O.Cn1[nH]c(C2CCCC2)cc1=O.O=c1cc(CCCC2C[CH-]CC2)[nH]n1C1CCCCC1.[CH3-].[CH3-].[CH3-].[CH3-].[CH3-].[CH3-].[CH3-].[Fe+2].[Fe+2].[Fe+2].[Fe+2].[Fe+2]. The quantitative estimate of drug-likeness (QED) is 0.0514. The molecule has 0 saturated heterocycles. The van der Waals surface area contributed by atoms with E-state index in [0.717, 1.165) is 91.2 Å². The average molecular weight is 1900 g/mol. The van der Waals surface area contributed by atoms with Gasteiger partial charge in [0.1, 0.15) is 0 Å². The molecule has 0 radical (unpaired) electrons. The van der Waals surface area contributed by atoms with Crippen molar-refractivity contribution in [1.29, 1.82) is 0 Å².